The summed E-state index contributed by atoms with van der Waals surface area (Å²) in [6.07, 6.45) is 2.67. The fourth-order valence-electron chi connectivity index (χ4n) is 3.46. The molecule has 50 valence electrons. The van der Waals surface area contributed by atoms with Gasteiger partial charge in [0.05, 0.1) is 5.60 Å². The lowest BCUT2D eigenvalue weighted by atomic mass is 9.95. The highest BCUT2D eigenvalue weighted by atomic mass is 16.3. The highest BCUT2D eigenvalue weighted by Crippen LogP contribution is 2.74. The normalized spacial score (nSPS) is 75.3. The van der Waals surface area contributed by atoms with E-state index in [1.165, 1.54) is 12.8 Å². The van der Waals surface area contributed by atoms with Crippen LogP contribution in [0.5, 0.6) is 0 Å². The topological polar surface area (TPSA) is 20.2 Å². The Kier molecular flexibility index (Phi) is 0.508. The van der Waals surface area contributed by atoms with Crippen molar-refractivity contribution in [1.82, 2.24) is 0 Å². The summed E-state index contributed by atoms with van der Waals surface area (Å²) in [4.78, 5) is 0. The third-order valence-electron chi connectivity index (χ3n) is 3.95. The molecular weight excluding hydrogens is 112 g/mol. The number of hydrogen-bond acceptors (Lipinski definition) is 1. The standard InChI is InChI=1S/C8H12O/c1-8(9)4-2-5-6(3-4)7(5)8/h4-7,9H,2-3H2,1H3/t4?,5-,6+,7?,8-/m0/s1. The molecule has 4 rings (SSSR count). The Bertz CT molecular complexity index is 157. The van der Waals surface area contributed by atoms with E-state index in [9.17, 15) is 5.11 Å². The van der Waals surface area contributed by atoms with Crippen molar-refractivity contribution in [3.05, 3.63) is 0 Å². The minimum absolute atomic E-state index is 0.241. The summed E-state index contributed by atoms with van der Waals surface area (Å²) in [6, 6.07) is 0. The van der Waals surface area contributed by atoms with Crippen LogP contribution in [0.3, 0.4) is 0 Å². The van der Waals surface area contributed by atoms with E-state index in [0.29, 0.717) is 5.92 Å². The minimum atomic E-state index is -0.241. The quantitative estimate of drug-likeness (QED) is 0.511. The van der Waals surface area contributed by atoms with Crippen LogP contribution in [0.25, 0.3) is 0 Å². The van der Waals surface area contributed by atoms with E-state index in [2.05, 4.69) is 0 Å². The maximum absolute atomic E-state index is 9.81. The van der Waals surface area contributed by atoms with Gasteiger partial charge in [-0.15, -0.1) is 0 Å². The van der Waals surface area contributed by atoms with Crippen molar-refractivity contribution >= 4 is 0 Å². The third-order valence-corrected chi connectivity index (χ3v) is 3.95. The highest BCUT2D eigenvalue weighted by molar-refractivity contribution is 5.22. The second-order valence-electron chi connectivity index (χ2n) is 4.25. The van der Waals surface area contributed by atoms with Gasteiger partial charge in [0, 0.05) is 0 Å². The first kappa shape index (κ1) is 4.73. The van der Waals surface area contributed by atoms with E-state index in [-0.39, 0.29) is 5.60 Å². The number of aliphatic hydroxyl groups is 1. The maximum atomic E-state index is 9.81. The molecule has 1 nitrogen and oxygen atoms in total. The van der Waals surface area contributed by atoms with Crippen LogP contribution in [0.2, 0.25) is 0 Å². The van der Waals surface area contributed by atoms with Gasteiger partial charge < -0.3 is 5.11 Å². The van der Waals surface area contributed by atoms with Crippen molar-refractivity contribution in [2.24, 2.45) is 23.7 Å². The van der Waals surface area contributed by atoms with Crippen LogP contribution in [0, 0.1) is 23.7 Å². The van der Waals surface area contributed by atoms with Crippen molar-refractivity contribution in [2.45, 2.75) is 25.4 Å². The molecule has 0 aliphatic heterocycles. The van der Waals surface area contributed by atoms with Crippen LogP contribution >= 0.6 is 0 Å². The van der Waals surface area contributed by atoms with E-state index < -0.39 is 0 Å². The molecule has 2 unspecified atom stereocenters. The predicted octanol–water partition coefficient (Wildman–Crippen LogP) is 1.02. The molecule has 0 amide bonds. The van der Waals surface area contributed by atoms with Crippen molar-refractivity contribution in [2.75, 3.05) is 0 Å². The van der Waals surface area contributed by atoms with Crippen molar-refractivity contribution in [3.8, 4) is 0 Å². The SMILES string of the molecule is C[C@]1(O)C2C[C@@H]3C1[C@@H]3C2. The molecule has 0 aromatic heterocycles. The van der Waals surface area contributed by atoms with E-state index in [4.69, 9.17) is 0 Å². The predicted molar refractivity (Wildman–Crippen MR) is 33.8 cm³/mol. The number of hydrogen-bond donors (Lipinski definition) is 1. The second-order valence-corrected chi connectivity index (χ2v) is 4.25. The molecule has 0 radical (unpaired) electrons. The third kappa shape index (κ3) is 0.315. The van der Waals surface area contributed by atoms with Crippen LogP contribution in [-0.4, -0.2) is 10.7 Å². The summed E-state index contributed by atoms with van der Waals surface area (Å²) >= 11 is 0. The Hall–Kier alpha value is -0.0400. The average molecular weight is 124 g/mol. The van der Waals surface area contributed by atoms with Gasteiger partial charge in [-0.3, -0.25) is 0 Å². The molecule has 5 atom stereocenters. The molecule has 4 fully saturated rings. The van der Waals surface area contributed by atoms with Crippen LogP contribution in [0.1, 0.15) is 19.8 Å². The lowest BCUT2D eigenvalue weighted by Crippen LogP contribution is -2.28. The molecule has 4 aliphatic carbocycles. The summed E-state index contributed by atoms with van der Waals surface area (Å²) < 4.78 is 0. The van der Waals surface area contributed by atoms with Gasteiger partial charge in [-0.25, -0.2) is 0 Å². The molecule has 1 N–H and O–H groups in total. The summed E-state index contributed by atoms with van der Waals surface area (Å²) in [5.41, 5.74) is -0.241. The Labute approximate surface area is 55.1 Å². The van der Waals surface area contributed by atoms with E-state index in [0.717, 1.165) is 17.8 Å². The molecule has 0 heterocycles. The van der Waals surface area contributed by atoms with E-state index in [1.54, 1.807) is 0 Å². The fraction of sp³-hybridized carbons (Fsp3) is 1.00. The van der Waals surface area contributed by atoms with Gasteiger partial charge in [-0.1, -0.05) is 0 Å². The molecule has 1 heteroatoms. The zero-order valence-corrected chi connectivity index (χ0v) is 5.67. The van der Waals surface area contributed by atoms with E-state index in [1.807, 2.05) is 6.92 Å². The Morgan fingerprint density at radius 2 is 1.89 bits per heavy atom. The van der Waals surface area contributed by atoms with E-state index >= 15 is 0 Å². The Morgan fingerprint density at radius 3 is 2.00 bits per heavy atom. The van der Waals surface area contributed by atoms with Gasteiger partial charge in [0.25, 0.3) is 0 Å². The Balaban J connectivity index is 2.12. The van der Waals surface area contributed by atoms with Gasteiger partial charge in [0.15, 0.2) is 0 Å². The highest BCUT2D eigenvalue weighted by Gasteiger charge is 2.73. The van der Waals surface area contributed by atoms with Crippen LogP contribution < -0.4 is 0 Å². The zero-order valence-electron chi connectivity index (χ0n) is 5.67. The van der Waals surface area contributed by atoms with Crippen molar-refractivity contribution in [1.29, 1.82) is 0 Å². The number of rotatable bonds is 0. The Morgan fingerprint density at radius 1 is 1.33 bits per heavy atom. The summed E-state index contributed by atoms with van der Waals surface area (Å²) in [5, 5.41) is 9.81. The molecule has 9 heavy (non-hydrogen) atoms. The molecule has 0 aromatic rings. The molecule has 0 saturated heterocycles. The smallest absolute Gasteiger partial charge is 0.0681 e. The summed E-state index contributed by atoms with van der Waals surface area (Å²) in [5.74, 6) is 3.30. The second kappa shape index (κ2) is 0.968. The molecule has 4 bridgehead atoms. The molecule has 4 aliphatic rings. The first-order chi connectivity index (χ1) is 4.21. The lowest BCUT2D eigenvalue weighted by Gasteiger charge is -2.20. The van der Waals surface area contributed by atoms with Crippen molar-refractivity contribution in [3.63, 3.8) is 0 Å². The maximum Gasteiger partial charge on any atom is 0.0681 e. The summed E-state index contributed by atoms with van der Waals surface area (Å²) in [7, 11) is 0. The molecule has 4 saturated carbocycles. The fourth-order valence-corrected chi connectivity index (χ4v) is 3.46. The average Bonchev–Trinajstić information content (AvgIpc) is 2.17. The van der Waals surface area contributed by atoms with Gasteiger partial charge in [-0.05, 0) is 43.4 Å². The molecular formula is C8H12O. The monoisotopic (exact) mass is 124 g/mol. The lowest BCUT2D eigenvalue weighted by molar-refractivity contribution is 0.0213. The van der Waals surface area contributed by atoms with Gasteiger partial charge in [-0.2, -0.15) is 0 Å². The first-order valence-electron chi connectivity index (χ1n) is 3.93. The molecule has 0 spiro atoms. The summed E-state index contributed by atoms with van der Waals surface area (Å²) in [6.45, 7) is 2.04. The van der Waals surface area contributed by atoms with Gasteiger partial charge in [0.2, 0.25) is 0 Å². The first-order valence-corrected chi connectivity index (χ1v) is 3.93. The van der Waals surface area contributed by atoms with Crippen LogP contribution in [-0.2, 0) is 0 Å². The largest absolute Gasteiger partial charge is 0.390 e. The molecule has 0 aromatic carbocycles. The zero-order chi connectivity index (χ0) is 6.22. The van der Waals surface area contributed by atoms with Gasteiger partial charge in [0.1, 0.15) is 0 Å². The van der Waals surface area contributed by atoms with Crippen molar-refractivity contribution < 1.29 is 5.11 Å². The van der Waals surface area contributed by atoms with Gasteiger partial charge >= 0.3 is 0 Å². The van der Waals surface area contributed by atoms with Crippen LogP contribution in [0.4, 0.5) is 0 Å². The minimum Gasteiger partial charge on any atom is -0.390 e. The van der Waals surface area contributed by atoms with Crippen LogP contribution in [0.15, 0.2) is 0 Å².